The maximum Gasteiger partial charge on any atom is 0.268 e. The highest BCUT2D eigenvalue weighted by Crippen LogP contribution is 2.27. The molecule has 0 N–H and O–H groups in total. The molecule has 0 saturated carbocycles. The predicted octanol–water partition coefficient (Wildman–Crippen LogP) is 0.524. The summed E-state index contributed by atoms with van der Waals surface area (Å²) in [5.74, 6) is 0.620. The van der Waals surface area contributed by atoms with E-state index < -0.39 is 10.0 Å². The van der Waals surface area contributed by atoms with Crippen LogP contribution in [0.1, 0.15) is 12.1 Å². The molecule has 3 heterocycles. The van der Waals surface area contributed by atoms with Crippen LogP contribution in [0.25, 0.3) is 0 Å². The van der Waals surface area contributed by atoms with Crippen molar-refractivity contribution >= 4 is 15.8 Å². The molecule has 102 valence electrons. The molecule has 8 heteroatoms. The van der Waals surface area contributed by atoms with Gasteiger partial charge in [0.05, 0.1) is 11.9 Å². The lowest BCUT2D eigenvalue weighted by Crippen LogP contribution is -2.37. The highest BCUT2D eigenvalue weighted by molar-refractivity contribution is 7.92. The second-order valence-electron chi connectivity index (χ2n) is 4.60. The van der Waals surface area contributed by atoms with Gasteiger partial charge in [0, 0.05) is 32.4 Å². The minimum atomic E-state index is -3.57. The molecular formula is C11H15N5O2S. The van der Waals surface area contributed by atoms with Gasteiger partial charge in [-0.05, 0) is 13.3 Å². The fourth-order valence-corrected chi connectivity index (χ4v) is 4.09. The molecule has 0 aromatic carbocycles. The summed E-state index contributed by atoms with van der Waals surface area (Å²) < 4.78 is 30.1. The van der Waals surface area contributed by atoms with Crippen molar-refractivity contribution in [1.82, 2.24) is 19.6 Å². The van der Waals surface area contributed by atoms with Gasteiger partial charge in [-0.25, -0.2) is 17.4 Å². The Hall–Kier alpha value is -1.83. The van der Waals surface area contributed by atoms with Crippen LogP contribution < -0.4 is 4.31 Å². The van der Waals surface area contributed by atoms with Gasteiger partial charge in [-0.15, -0.1) is 0 Å². The lowest BCUT2D eigenvalue weighted by Gasteiger charge is -2.28. The molecule has 0 saturated heterocycles. The topological polar surface area (TPSA) is 73.0 Å². The van der Waals surface area contributed by atoms with E-state index in [4.69, 9.17) is 0 Å². The van der Waals surface area contributed by atoms with E-state index in [2.05, 4.69) is 10.2 Å². The number of fused-ring (bicyclic) bond motifs is 1. The zero-order chi connectivity index (χ0) is 13.6. The molecule has 7 nitrogen and oxygen atoms in total. The predicted molar refractivity (Wildman–Crippen MR) is 69.3 cm³/mol. The summed E-state index contributed by atoms with van der Waals surface area (Å²) in [5, 5.41) is 8.24. The molecule has 0 bridgehead atoms. The smallest absolute Gasteiger partial charge is 0.268 e. The van der Waals surface area contributed by atoms with Gasteiger partial charge in [-0.3, -0.25) is 4.68 Å². The van der Waals surface area contributed by atoms with E-state index in [0.717, 1.165) is 13.0 Å². The summed E-state index contributed by atoms with van der Waals surface area (Å²) in [5.41, 5.74) is 0.513. The van der Waals surface area contributed by atoms with E-state index in [0.29, 0.717) is 18.1 Å². The summed E-state index contributed by atoms with van der Waals surface area (Å²) in [4.78, 5) is 0.254. The van der Waals surface area contributed by atoms with Crippen LogP contribution in [0.4, 0.5) is 5.82 Å². The number of hydrogen-bond acceptors (Lipinski definition) is 4. The molecule has 0 fully saturated rings. The zero-order valence-electron chi connectivity index (χ0n) is 10.8. The maximum atomic E-state index is 12.7. The molecule has 0 radical (unpaired) electrons. The van der Waals surface area contributed by atoms with E-state index in [1.807, 2.05) is 0 Å². The van der Waals surface area contributed by atoms with Gasteiger partial charge in [0.1, 0.15) is 10.7 Å². The highest BCUT2D eigenvalue weighted by atomic mass is 32.2. The van der Waals surface area contributed by atoms with Crippen molar-refractivity contribution in [3.8, 4) is 0 Å². The van der Waals surface area contributed by atoms with E-state index in [1.165, 1.54) is 8.99 Å². The third kappa shape index (κ3) is 1.83. The average Bonchev–Trinajstić information content (AvgIpc) is 2.94. The molecule has 0 amide bonds. The quantitative estimate of drug-likeness (QED) is 0.804. The van der Waals surface area contributed by atoms with Gasteiger partial charge < -0.3 is 0 Å². The Morgan fingerprint density at radius 3 is 2.79 bits per heavy atom. The van der Waals surface area contributed by atoms with Crippen molar-refractivity contribution in [1.29, 1.82) is 0 Å². The molecule has 1 aliphatic rings. The number of rotatable bonds is 2. The molecule has 0 atom stereocenters. The van der Waals surface area contributed by atoms with Gasteiger partial charge in [-0.2, -0.15) is 10.2 Å². The molecule has 3 rings (SSSR count). The van der Waals surface area contributed by atoms with Crippen LogP contribution in [0.5, 0.6) is 0 Å². The Bertz CT molecular complexity index is 715. The van der Waals surface area contributed by atoms with E-state index in [9.17, 15) is 8.42 Å². The van der Waals surface area contributed by atoms with E-state index in [-0.39, 0.29) is 4.90 Å². The molecule has 0 aliphatic carbocycles. The Balaban J connectivity index is 2.10. The molecule has 0 spiro atoms. The van der Waals surface area contributed by atoms with Crippen LogP contribution in [-0.4, -0.2) is 34.5 Å². The fourth-order valence-electron chi connectivity index (χ4n) is 2.38. The SMILES string of the molecule is Cc1nn(C)cc1S(=O)(=O)N1CCCn2nccc21. The van der Waals surface area contributed by atoms with Gasteiger partial charge in [0.25, 0.3) is 10.0 Å². The largest absolute Gasteiger partial charge is 0.274 e. The third-order valence-corrected chi connectivity index (χ3v) is 5.12. The second kappa shape index (κ2) is 4.09. The average molecular weight is 281 g/mol. The lowest BCUT2D eigenvalue weighted by molar-refractivity contribution is 0.532. The molecule has 2 aromatic rings. The minimum absolute atomic E-state index is 0.254. The summed E-state index contributed by atoms with van der Waals surface area (Å²) in [6, 6.07) is 1.72. The highest BCUT2D eigenvalue weighted by Gasteiger charge is 2.32. The number of nitrogens with zero attached hydrogens (tertiary/aromatic N) is 5. The van der Waals surface area contributed by atoms with Crippen LogP contribution in [-0.2, 0) is 23.6 Å². The number of aryl methyl sites for hydroxylation is 3. The molecule has 0 unspecified atom stereocenters. The van der Waals surface area contributed by atoms with Crippen molar-refractivity contribution in [2.24, 2.45) is 7.05 Å². The van der Waals surface area contributed by atoms with Crippen LogP contribution >= 0.6 is 0 Å². The van der Waals surface area contributed by atoms with Crippen LogP contribution in [0.15, 0.2) is 23.4 Å². The second-order valence-corrected chi connectivity index (χ2v) is 6.43. The Morgan fingerprint density at radius 2 is 2.11 bits per heavy atom. The van der Waals surface area contributed by atoms with Crippen molar-refractivity contribution in [3.63, 3.8) is 0 Å². The van der Waals surface area contributed by atoms with Crippen molar-refractivity contribution in [2.45, 2.75) is 24.8 Å². The monoisotopic (exact) mass is 281 g/mol. The van der Waals surface area contributed by atoms with Gasteiger partial charge in [0.2, 0.25) is 0 Å². The standard InChI is InChI=1S/C11H15N5O2S/c1-9-10(8-14(2)13-9)19(17,18)16-7-3-6-15-11(16)4-5-12-15/h4-5,8H,3,6-7H2,1-2H3. The number of hydrogen-bond donors (Lipinski definition) is 0. The lowest BCUT2D eigenvalue weighted by atomic mass is 10.3. The number of aromatic nitrogens is 4. The Kier molecular flexibility index (Phi) is 2.63. The summed E-state index contributed by atoms with van der Waals surface area (Å²) in [6.07, 6.45) is 3.92. The van der Waals surface area contributed by atoms with Gasteiger partial charge >= 0.3 is 0 Å². The van der Waals surface area contributed by atoms with Crippen molar-refractivity contribution in [3.05, 3.63) is 24.2 Å². The van der Waals surface area contributed by atoms with E-state index >= 15 is 0 Å². The number of sulfonamides is 1. The first kappa shape index (κ1) is 12.2. The summed E-state index contributed by atoms with van der Waals surface area (Å²) in [7, 11) is -1.85. The van der Waals surface area contributed by atoms with Gasteiger partial charge in [-0.1, -0.05) is 0 Å². The molecule has 19 heavy (non-hydrogen) atoms. The Morgan fingerprint density at radius 1 is 1.32 bits per heavy atom. The minimum Gasteiger partial charge on any atom is -0.274 e. The van der Waals surface area contributed by atoms with Crippen molar-refractivity contribution < 1.29 is 8.42 Å². The van der Waals surface area contributed by atoms with Crippen LogP contribution in [0.2, 0.25) is 0 Å². The number of anilines is 1. The van der Waals surface area contributed by atoms with Gasteiger partial charge in [0.15, 0.2) is 0 Å². The molecular weight excluding hydrogens is 266 g/mol. The van der Waals surface area contributed by atoms with E-state index in [1.54, 1.807) is 37.1 Å². The first-order chi connectivity index (χ1) is 9.00. The molecule has 1 aliphatic heterocycles. The first-order valence-corrected chi connectivity index (χ1v) is 7.49. The Labute approximate surface area is 111 Å². The summed E-state index contributed by atoms with van der Waals surface area (Å²) in [6.45, 7) is 2.93. The van der Waals surface area contributed by atoms with Crippen LogP contribution in [0.3, 0.4) is 0 Å². The fraction of sp³-hybridized carbons (Fsp3) is 0.455. The maximum absolute atomic E-state index is 12.7. The first-order valence-electron chi connectivity index (χ1n) is 6.05. The van der Waals surface area contributed by atoms with Crippen molar-refractivity contribution in [2.75, 3.05) is 10.8 Å². The van der Waals surface area contributed by atoms with Crippen LogP contribution in [0, 0.1) is 6.92 Å². The molecule has 2 aromatic heterocycles. The zero-order valence-corrected chi connectivity index (χ0v) is 11.6. The summed E-state index contributed by atoms with van der Waals surface area (Å²) >= 11 is 0. The third-order valence-electron chi connectivity index (χ3n) is 3.22. The normalized spacial score (nSPS) is 15.6.